The Bertz CT molecular complexity index is 1530. The van der Waals surface area contributed by atoms with Crippen LogP contribution in [0.15, 0.2) is 48.8 Å². The summed E-state index contributed by atoms with van der Waals surface area (Å²) >= 11 is 6.66. The van der Waals surface area contributed by atoms with Gasteiger partial charge in [0, 0.05) is 42.8 Å². The van der Waals surface area contributed by atoms with Crippen LogP contribution in [0.2, 0.25) is 5.02 Å². The number of nitrogens with zero attached hydrogens (tertiary/aromatic N) is 6. The van der Waals surface area contributed by atoms with E-state index in [1.165, 1.54) is 11.3 Å². The highest BCUT2D eigenvalue weighted by Crippen LogP contribution is 2.37. The predicted molar refractivity (Wildman–Crippen MR) is 158 cm³/mol. The van der Waals surface area contributed by atoms with Gasteiger partial charge in [-0.2, -0.15) is 9.97 Å². The van der Waals surface area contributed by atoms with E-state index in [9.17, 15) is 9.18 Å². The summed E-state index contributed by atoms with van der Waals surface area (Å²) in [7, 11) is 0. The zero-order chi connectivity index (χ0) is 28.5. The summed E-state index contributed by atoms with van der Waals surface area (Å²) in [5.41, 5.74) is 3.00. The van der Waals surface area contributed by atoms with Crippen LogP contribution in [0.4, 0.5) is 15.9 Å². The minimum absolute atomic E-state index is 0.0729. The summed E-state index contributed by atoms with van der Waals surface area (Å²) in [5.74, 6) is -0.459. The van der Waals surface area contributed by atoms with E-state index in [0.29, 0.717) is 49.6 Å². The average molecular weight is 575 g/mol. The summed E-state index contributed by atoms with van der Waals surface area (Å²) in [4.78, 5) is 31.6. The Morgan fingerprint density at radius 3 is 2.68 bits per heavy atom. The number of aromatic nitrogens is 2. The van der Waals surface area contributed by atoms with Crippen molar-refractivity contribution in [1.82, 2.24) is 14.9 Å². The molecular formula is C31H32ClFN6O2. The molecule has 0 bridgehead atoms. The number of carbonyl (C=O) groups is 1. The van der Waals surface area contributed by atoms with E-state index in [4.69, 9.17) is 32.9 Å². The van der Waals surface area contributed by atoms with E-state index in [-0.39, 0.29) is 13.1 Å². The van der Waals surface area contributed by atoms with Gasteiger partial charge >= 0.3 is 6.01 Å². The second-order valence-corrected chi connectivity index (χ2v) is 11.4. The molecule has 1 atom stereocenters. The van der Waals surface area contributed by atoms with Gasteiger partial charge in [0.2, 0.25) is 6.54 Å². The lowest BCUT2D eigenvalue weighted by Crippen LogP contribution is -2.57. The summed E-state index contributed by atoms with van der Waals surface area (Å²) < 4.78 is 19.9. The summed E-state index contributed by atoms with van der Waals surface area (Å²) in [6, 6.07) is 12.0. The van der Waals surface area contributed by atoms with Gasteiger partial charge in [0.15, 0.2) is 5.83 Å². The number of anilines is 2. The maximum absolute atomic E-state index is 13.7. The topological polar surface area (TPSA) is 66.2 Å². The fourth-order valence-electron chi connectivity index (χ4n) is 6.04. The molecule has 3 aliphatic rings. The highest BCUT2D eigenvalue weighted by molar-refractivity contribution is 6.36. The number of hydrogen-bond acceptors (Lipinski definition) is 6. The molecule has 0 radical (unpaired) electrons. The van der Waals surface area contributed by atoms with E-state index < -0.39 is 17.8 Å². The van der Waals surface area contributed by atoms with Crippen molar-refractivity contribution < 1.29 is 13.9 Å². The van der Waals surface area contributed by atoms with Gasteiger partial charge in [-0.25, -0.2) is 11.0 Å². The average Bonchev–Trinajstić information content (AvgIpc) is 2.95. The molecule has 41 heavy (non-hydrogen) atoms. The van der Waals surface area contributed by atoms with E-state index in [0.717, 1.165) is 52.9 Å². The lowest BCUT2D eigenvalue weighted by atomic mass is 9.86. The first-order valence-electron chi connectivity index (χ1n) is 14.1. The number of halogens is 2. The summed E-state index contributed by atoms with van der Waals surface area (Å²) in [5, 5.41) is 2.82. The second kappa shape index (κ2) is 11.5. The Morgan fingerprint density at radius 1 is 1.15 bits per heavy atom. The zero-order valence-electron chi connectivity index (χ0n) is 22.9. The molecule has 8 nitrogen and oxygen atoms in total. The SMILES string of the molecule is [C-]#[N+]C[C@H]1CN(c2nc(OCC3CCC3)nc3c2CCN(c2cccc4cccc(Cl)c24)C3)CCN1C(=O)C(=C)F. The molecule has 0 N–H and O–H groups in total. The number of amides is 1. The van der Waals surface area contributed by atoms with Gasteiger partial charge < -0.3 is 24.3 Å². The maximum atomic E-state index is 13.7. The number of carbonyl (C=O) groups excluding carboxylic acids is 1. The van der Waals surface area contributed by atoms with Crippen molar-refractivity contribution in [3.05, 3.63) is 76.5 Å². The van der Waals surface area contributed by atoms with Gasteiger partial charge in [-0.15, -0.1) is 0 Å². The van der Waals surface area contributed by atoms with Crippen molar-refractivity contribution in [2.45, 2.75) is 38.3 Å². The lowest BCUT2D eigenvalue weighted by molar-refractivity contribution is -0.131. The van der Waals surface area contributed by atoms with Crippen molar-refractivity contribution in [3.8, 4) is 6.01 Å². The molecule has 212 valence electrons. The van der Waals surface area contributed by atoms with Crippen LogP contribution in [0.3, 0.4) is 0 Å². The van der Waals surface area contributed by atoms with E-state index in [1.54, 1.807) is 0 Å². The molecule has 6 rings (SSSR count). The molecule has 3 aromatic rings. The van der Waals surface area contributed by atoms with Crippen LogP contribution < -0.4 is 14.5 Å². The Kier molecular flexibility index (Phi) is 7.67. The fourth-order valence-corrected chi connectivity index (χ4v) is 6.32. The number of piperazine rings is 1. The number of ether oxygens (including phenoxy) is 1. The molecule has 3 heterocycles. The largest absolute Gasteiger partial charge is 0.463 e. The predicted octanol–water partition coefficient (Wildman–Crippen LogP) is 5.44. The molecule has 1 aliphatic carbocycles. The third-order valence-electron chi connectivity index (χ3n) is 8.45. The molecule has 2 aromatic carbocycles. The first kappa shape index (κ1) is 27.3. The monoisotopic (exact) mass is 574 g/mol. The smallest absolute Gasteiger partial charge is 0.318 e. The Balaban J connectivity index is 1.33. The van der Waals surface area contributed by atoms with Gasteiger partial charge in [-0.1, -0.05) is 48.9 Å². The molecule has 2 aliphatic heterocycles. The van der Waals surface area contributed by atoms with Crippen LogP contribution >= 0.6 is 11.6 Å². The maximum Gasteiger partial charge on any atom is 0.318 e. The third kappa shape index (κ3) is 5.41. The van der Waals surface area contributed by atoms with E-state index >= 15 is 0 Å². The first-order chi connectivity index (χ1) is 19.9. The van der Waals surface area contributed by atoms with Crippen LogP contribution in [-0.2, 0) is 17.8 Å². The molecule has 0 spiro atoms. The van der Waals surface area contributed by atoms with Crippen LogP contribution in [0, 0.1) is 12.5 Å². The van der Waals surface area contributed by atoms with Crippen LogP contribution in [0.1, 0.15) is 30.5 Å². The lowest BCUT2D eigenvalue weighted by Gasteiger charge is -2.41. The third-order valence-corrected chi connectivity index (χ3v) is 8.76. The van der Waals surface area contributed by atoms with Gasteiger partial charge in [0.05, 0.1) is 23.9 Å². The minimum Gasteiger partial charge on any atom is -0.463 e. The molecule has 0 unspecified atom stereocenters. The number of hydrogen-bond donors (Lipinski definition) is 0. The second-order valence-electron chi connectivity index (χ2n) is 11.0. The Labute approximate surface area is 244 Å². The number of benzene rings is 2. The molecule has 1 saturated carbocycles. The highest BCUT2D eigenvalue weighted by atomic mass is 35.5. The molecule has 1 saturated heterocycles. The van der Waals surface area contributed by atoms with Crippen molar-refractivity contribution in [1.29, 1.82) is 0 Å². The van der Waals surface area contributed by atoms with Crippen molar-refractivity contribution >= 4 is 39.8 Å². The first-order valence-corrected chi connectivity index (χ1v) is 14.5. The quantitative estimate of drug-likeness (QED) is 0.276. The molecule has 2 fully saturated rings. The van der Waals surface area contributed by atoms with Gasteiger partial charge in [-0.05, 0) is 42.7 Å². The summed E-state index contributed by atoms with van der Waals surface area (Å²) in [6.07, 6.45) is 4.25. The van der Waals surface area contributed by atoms with Gasteiger partial charge in [0.1, 0.15) is 11.9 Å². The zero-order valence-corrected chi connectivity index (χ0v) is 23.6. The van der Waals surface area contributed by atoms with E-state index in [1.807, 2.05) is 18.2 Å². The fraction of sp³-hybridized carbons (Fsp3) is 0.419. The van der Waals surface area contributed by atoms with Crippen LogP contribution in [-0.4, -0.2) is 66.1 Å². The minimum atomic E-state index is -1.01. The Hall–Kier alpha value is -3.90. The van der Waals surface area contributed by atoms with Crippen molar-refractivity contribution in [2.24, 2.45) is 5.92 Å². The van der Waals surface area contributed by atoms with Crippen LogP contribution in [0.5, 0.6) is 6.01 Å². The van der Waals surface area contributed by atoms with Crippen molar-refractivity contribution in [2.75, 3.05) is 49.1 Å². The standard InChI is InChI=1S/C31H32ClFN6O2/c1-20(33)30(40)39-15-14-38(17-23(39)16-34-2)29-24-12-13-37(27-11-5-9-22-8-4-10-25(32)28(22)27)18-26(24)35-31(36-29)41-19-21-6-3-7-21/h4-5,8-11,21,23H,1,3,6-7,12-19H2/t23-/m0/s1. The normalized spacial score (nSPS) is 19.0. The van der Waals surface area contributed by atoms with Gasteiger partial charge in [-0.3, -0.25) is 4.79 Å². The summed E-state index contributed by atoms with van der Waals surface area (Å²) in [6.45, 7) is 13.7. The van der Waals surface area contributed by atoms with Crippen LogP contribution in [0.25, 0.3) is 15.6 Å². The number of rotatable bonds is 7. The number of fused-ring (bicyclic) bond motifs is 2. The highest BCUT2D eigenvalue weighted by Gasteiger charge is 2.36. The molecule has 10 heteroatoms. The van der Waals surface area contributed by atoms with Gasteiger partial charge in [0.25, 0.3) is 5.91 Å². The molecule has 1 amide bonds. The van der Waals surface area contributed by atoms with E-state index in [2.05, 4.69) is 39.4 Å². The molecule has 1 aromatic heterocycles. The van der Waals surface area contributed by atoms with Crippen molar-refractivity contribution in [3.63, 3.8) is 0 Å². The Morgan fingerprint density at radius 2 is 1.95 bits per heavy atom. The molecular weight excluding hydrogens is 543 g/mol.